The van der Waals surface area contributed by atoms with Crippen LogP contribution in [0, 0.1) is 0 Å². The summed E-state index contributed by atoms with van der Waals surface area (Å²) in [5.41, 5.74) is 0.746. The molecule has 0 aliphatic carbocycles. The topological polar surface area (TPSA) is 42.7 Å². The van der Waals surface area contributed by atoms with Crippen molar-refractivity contribution < 1.29 is 22.7 Å². The molecule has 0 saturated carbocycles. The summed E-state index contributed by atoms with van der Waals surface area (Å²) in [6.45, 7) is 0.101. The summed E-state index contributed by atoms with van der Waals surface area (Å²) in [5.74, 6) is -3.83. The second-order valence-corrected chi connectivity index (χ2v) is 4.82. The second kappa shape index (κ2) is 4.87. The van der Waals surface area contributed by atoms with Gasteiger partial charge in [0.15, 0.2) is 6.04 Å². The van der Waals surface area contributed by atoms with Gasteiger partial charge in [-0.3, -0.25) is 4.79 Å². The van der Waals surface area contributed by atoms with E-state index in [-0.39, 0.29) is 12.3 Å². The first-order valence-electron chi connectivity index (χ1n) is 6.39. The first-order chi connectivity index (χ1) is 10.0. The van der Waals surface area contributed by atoms with Crippen LogP contribution < -0.4 is 4.74 Å². The largest absolute Gasteiger partial charge is 0.497 e. The Morgan fingerprint density at radius 1 is 1.29 bits per heavy atom. The molecular weight excluding hydrogens is 280 g/mol. The molecule has 110 valence electrons. The summed E-state index contributed by atoms with van der Waals surface area (Å²) < 4.78 is 37.6. The monoisotopic (exact) mass is 293 g/mol. The van der Waals surface area contributed by atoms with Gasteiger partial charge in [-0.25, -0.2) is 0 Å². The summed E-state index contributed by atoms with van der Waals surface area (Å²) in [6, 6.07) is 8.55. The van der Waals surface area contributed by atoms with E-state index in [0.29, 0.717) is 5.75 Å². The number of ether oxygens (including phenoxy) is 1. The zero-order chi connectivity index (χ0) is 15.0. The fourth-order valence-corrected chi connectivity index (χ4v) is 2.43. The maximum Gasteiger partial charge on any atom is 0.351 e. The molecule has 1 aromatic heterocycles. The third kappa shape index (κ3) is 2.16. The molecule has 1 fully saturated rings. The van der Waals surface area contributed by atoms with Crippen LogP contribution in [-0.4, -0.2) is 23.8 Å². The molecule has 1 aliphatic heterocycles. The molecule has 21 heavy (non-hydrogen) atoms. The van der Waals surface area contributed by atoms with Crippen LogP contribution in [0.3, 0.4) is 0 Å². The average molecular weight is 293 g/mol. The highest BCUT2D eigenvalue weighted by Crippen LogP contribution is 2.48. The summed E-state index contributed by atoms with van der Waals surface area (Å²) >= 11 is 0. The number of hydrogen-bond acceptors (Lipinski definition) is 3. The van der Waals surface area contributed by atoms with Crippen molar-refractivity contribution in [3.05, 3.63) is 54.0 Å². The minimum atomic E-state index is -3.41. The van der Waals surface area contributed by atoms with Crippen molar-refractivity contribution in [3.63, 3.8) is 0 Å². The number of furan rings is 1. The number of alkyl halides is 2. The highest BCUT2D eigenvalue weighted by molar-refractivity contribution is 5.91. The van der Waals surface area contributed by atoms with Crippen LogP contribution in [0.5, 0.6) is 5.75 Å². The van der Waals surface area contributed by atoms with E-state index < -0.39 is 17.9 Å². The lowest BCUT2D eigenvalue weighted by atomic mass is 9.93. The lowest BCUT2D eigenvalue weighted by Crippen LogP contribution is -2.63. The first kappa shape index (κ1) is 13.6. The molecule has 3 rings (SSSR count). The van der Waals surface area contributed by atoms with Crippen LogP contribution in [0.25, 0.3) is 0 Å². The van der Waals surface area contributed by atoms with E-state index in [1.54, 1.807) is 31.4 Å². The predicted octanol–water partition coefficient (Wildman–Crippen LogP) is 3.01. The van der Waals surface area contributed by atoms with Gasteiger partial charge in [-0.2, -0.15) is 8.78 Å². The standard InChI is InChI=1S/C15H13F2NO3/c1-20-11-6-4-10(5-7-11)9-18-13(12-3-2-8-21-12)15(16,17)14(18)19/h2-8,13H,9H2,1H3. The lowest BCUT2D eigenvalue weighted by Gasteiger charge is -2.45. The van der Waals surface area contributed by atoms with E-state index in [1.807, 2.05) is 0 Å². The van der Waals surface area contributed by atoms with Gasteiger partial charge in [-0.05, 0) is 29.8 Å². The van der Waals surface area contributed by atoms with Gasteiger partial charge in [0.25, 0.3) is 5.91 Å². The van der Waals surface area contributed by atoms with E-state index in [9.17, 15) is 13.6 Å². The number of benzene rings is 1. The van der Waals surface area contributed by atoms with Crippen LogP contribution >= 0.6 is 0 Å². The molecule has 6 heteroatoms. The number of β-lactam (4-membered cyclic amide) rings is 1. The Hall–Kier alpha value is -2.37. The molecule has 2 heterocycles. The Morgan fingerprint density at radius 2 is 2.00 bits per heavy atom. The Morgan fingerprint density at radius 3 is 2.57 bits per heavy atom. The van der Waals surface area contributed by atoms with Crippen molar-refractivity contribution in [2.45, 2.75) is 18.5 Å². The van der Waals surface area contributed by atoms with Gasteiger partial charge in [0.05, 0.1) is 13.4 Å². The van der Waals surface area contributed by atoms with Crippen LogP contribution in [0.4, 0.5) is 8.78 Å². The lowest BCUT2D eigenvalue weighted by molar-refractivity contribution is -0.210. The smallest absolute Gasteiger partial charge is 0.351 e. The van der Waals surface area contributed by atoms with Crippen molar-refractivity contribution in [1.82, 2.24) is 4.90 Å². The van der Waals surface area contributed by atoms with Crippen molar-refractivity contribution >= 4 is 5.91 Å². The molecule has 1 unspecified atom stereocenters. The van der Waals surface area contributed by atoms with Crippen molar-refractivity contribution in [1.29, 1.82) is 0 Å². The van der Waals surface area contributed by atoms with E-state index in [2.05, 4.69) is 0 Å². The SMILES string of the molecule is COc1ccc(CN2C(=O)C(F)(F)C2c2ccco2)cc1. The summed E-state index contributed by atoms with van der Waals surface area (Å²) in [5, 5.41) is 0. The number of rotatable bonds is 4. The second-order valence-electron chi connectivity index (χ2n) is 4.82. The summed E-state index contributed by atoms with van der Waals surface area (Å²) in [4.78, 5) is 12.7. The maximum atomic E-state index is 13.8. The van der Waals surface area contributed by atoms with Crippen LogP contribution in [0.15, 0.2) is 47.1 Å². The molecule has 0 spiro atoms. The van der Waals surface area contributed by atoms with Gasteiger partial charge in [0, 0.05) is 6.54 Å². The Bertz CT molecular complexity index is 637. The maximum absolute atomic E-state index is 13.8. The molecule has 4 nitrogen and oxygen atoms in total. The zero-order valence-corrected chi connectivity index (χ0v) is 11.3. The first-order valence-corrected chi connectivity index (χ1v) is 6.39. The van der Waals surface area contributed by atoms with Gasteiger partial charge in [-0.1, -0.05) is 12.1 Å². The molecule has 1 aromatic carbocycles. The van der Waals surface area contributed by atoms with E-state index in [4.69, 9.17) is 9.15 Å². The third-order valence-corrected chi connectivity index (χ3v) is 3.53. The molecule has 0 N–H and O–H groups in total. The molecule has 0 radical (unpaired) electrons. The number of carbonyl (C=O) groups is 1. The van der Waals surface area contributed by atoms with E-state index in [1.165, 1.54) is 18.4 Å². The van der Waals surface area contributed by atoms with Crippen LogP contribution in [0.2, 0.25) is 0 Å². The Kier molecular flexibility index (Phi) is 3.16. The van der Waals surface area contributed by atoms with Gasteiger partial charge < -0.3 is 14.1 Å². The molecule has 2 aromatic rings. The van der Waals surface area contributed by atoms with Gasteiger partial charge in [0.2, 0.25) is 0 Å². The number of methoxy groups -OCH3 is 1. The van der Waals surface area contributed by atoms with E-state index in [0.717, 1.165) is 10.5 Å². The highest BCUT2D eigenvalue weighted by atomic mass is 19.3. The van der Waals surface area contributed by atoms with E-state index >= 15 is 0 Å². The molecule has 1 aliphatic rings. The van der Waals surface area contributed by atoms with Crippen LogP contribution in [-0.2, 0) is 11.3 Å². The number of likely N-dealkylation sites (tertiary alicyclic amines) is 1. The minimum absolute atomic E-state index is 0.0908. The van der Waals surface area contributed by atoms with Crippen LogP contribution in [0.1, 0.15) is 17.4 Å². The van der Waals surface area contributed by atoms with Crippen molar-refractivity contribution in [2.24, 2.45) is 0 Å². The van der Waals surface area contributed by atoms with Crippen molar-refractivity contribution in [3.8, 4) is 5.75 Å². The normalized spacial score (nSPS) is 20.2. The van der Waals surface area contributed by atoms with Gasteiger partial charge in [-0.15, -0.1) is 0 Å². The molecule has 1 amide bonds. The quantitative estimate of drug-likeness (QED) is 0.814. The minimum Gasteiger partial charge on any atom is -0.497 e. The zero-order valence-electron chi connectivity index (χ0n) is 11.3. The van der Waals surface area contributed by atoms with Gasteiger partial charge >= 0.3 is 5.92 Å². The number of nitrogens with zero attached hydrogens (tertiary/aromatic N) is 1. The molecular formula is C15H13F2NO3. The number of amides is 1. The Balaban J connectivity index is 1.82. The average Bonchev–Trinajstić information content (AvgIpc) is 3.00. The molecule has 0 bridgehead atoms. The fourth-order valence-electron chi connectivity index (χ4n) is 2.43. The number of carbonyl (C=O) groups excluding carboxylic acids is 1. The third-order valence-electron chi connectivity index (χ3n) is 3.53. The fraction of sp³-hybridized carbons (Fsp3) is 0.267. The van der Waals surface area contributed by atoms with Gasteiger partial charge in [0.1, 0.15) is 11.5 Å². The molecule has 1 saturated heterocycles. The summed E-state index contributed by atoms with van der Waals surface area (Å²) in [7, 11) is 1.54. The Labute approximate surface area is 119 Å². The van der Waals surface area contributed by atoms with Crippen molar-refractivity contribution in [2.75, 3.05) is 7.11 Å². The summed E-state index contributed by atoms with van der Waals surface area (Å²) in [6.07, 6.45) is 1.32. The number of halogens is 2. The number of hydrogen-bond donors (Lipinski definition) is 0. The molecule has 1 atom stereocenters. The predicted molar refractivity (Wildman–Crippen MR) is 69.9 cm³/mol. The highest BCUT2D eigenvalue weighted by Gasteiger charge is 2.65.